The van der Waals surface area contributed by atoms with Crippen LogP contribution in [0, 0.1) is 17.0 Å². The molecule has 8 heteroatoms. The minimum atomic E-state index is -0.538. The number of hydrogen-bond acceptors (Lipinski definition) is 5. The molecule has 2 aromatic carbocycles. The van der Waals surface area contributed by atoms with E-state index in [4.69, 9.17) is 11.6 Å². The van der Waals surface area contributed by atoms with Crippen molar-refractivity contribution in [1.29, 1.82) is 0 Å². The molecule has 1 aromatic heterocycles. The Morgan fingerprint density at radius 1 is 1.26 bits per heavy atom. The number of amides is 1. The molecule has 0 saturated carbocycles. The van der Waals surface area contributed by atoms with Crippen LogP contribution >= 0.6 is 23.4 Å². The molecule has 0 saturated heterocycles. The van der Waals surface area contributed by atoms with Crippen LogP contribution in [0.15, 0.2) is 53.6 Å². The number of nitrogens with zero attached hydrogens (tertiary/aromatic N) is 2. The van der Waals surface area contributed by atoms with Crippen LogP contribution in [0.25, 0.3) is 10.9 Å². The highest BCUT2D eigenvalue weighted by Crippen LogP contribution is 2.29. The molecule has 0 aliphatic heterocycles. The predicted octanol–water partition coefficient (Wildman–Crippen LogP) is 5.22. The monoisotopic (exact) mass is 401 g/mol. The lowest BCUT2D eigenvalue weighted by atomic mass is 10.1. The topological polar surface area (TPSA) is 85.1 Å². The summed E-state index contributed by atoms with van der Waals surface area (Å²) in [7, 11) is 0. The quantitative estimate of drug-likeness (QED) is 0.359. The molecule has 1 amide bonds. The van der Waals surface area contributed by atoms with Gasteiger partial charge in [-0.25, -0.2) is 4.98 Å². The highest BCUT2D eigenvalue weighted by Gasteiger charge is 2.18. The SMILES string of the molecule is Cc1cc(SC(C)C(=O)Nc2ccc([N+](=O)[O-])cc2Cl)nc2ccccc12. The van der Waals surface area contributed by atoms with Crippen molar-refractivity contribution in [2.75, 3.05) is 5.32 Å². The Morgan fingerprint density at radius 2 is 2.00 bits per heavy atom. The third kappa shape index (κ3) is 4.37. The molecule has 1 atom stereocenters. The molecule has 27 heavy (non-hydrogen) atoms. The summed E-state index contributed by atoms with van der Waals surface area (Å²) in [5, 5.41) is 15.0. The normalized spacial score (nSPS) is 12.0. The van der Waals surface area contributed by atoms with E-state index in [1.54, 1.807) is 6.92 Å². The molecule has 3 aromatic rings. The number of pyridine rings is 1. The van der Waals surface area contributed by atoms with E-state index in [2.05, 4.69) is 10.3 Å². The number of carbonyl (C=O) groups is 1. The Kier molecular flexibility index (Phi) is 5.62. The van der Waals surface area contributed by atoms with Gasteiger partial charge >= 0.3 is 0 Å². The van der Waals surface area contributed by atoms with Crippen molar-refractivity contribution >= 4 is 51.5 Å². The van der Waals surface area contributed by atoms with Crippen molar-refractivity contribution in [2.24, 2.45) is 0 Å². The average Bonchev–Trinajstić information content (AvgIpc) is 2.63. The maximum Gasteiger partial charge on any atom is 0.271 e. The van der Waals surface area contributed by atoms with E-state index in [0.717, 1.165) is 21.5 Å². The third-order valence-corrected chi connectivity index (χ3v) is 5.32. The Hall–Kier alpha value is -2.64. The molecule has 0 aliphatic rings. The van der Waals surface area contributed by atoms with Gasteiger partial charge in [0.2, 0.25) is 5.91 Å². The molecule has 1 unspecified atom stereocenters. The Morgan fingerprint density at radius 3 is 2.70 bits per heavy atom. The largest absolute Gasteiger partial charge is 0.324 e. The first-order valence-electron chi connectivity index (χ1n) is 8.13. The van der Waals surface area contributed by atoms with Gasteiger partial charge in [-0.3, -0.25) is 14.9 Å². The molecular formula is C19H16ClN3O3S. The zero-order chi connectivity index (χ0) is 19.6. The molecule has 1 N–H and O–H groups in total. The second-order valence-corrected chi connectivity index (χ2v) is 7.73. The van der Waals surface area contributed by atoms with Crippen molar-refractivity contribution in [3.63, 3.8) is 0 Å². The van der Waals surface area contributed by atoms with Crippen LogP contribution in [-0.2, 0) is 4.79 Å². The number of fused-ring (bicyclic) bond motifs is 1. The van der Waals surface area contributed by atoms with E-state index in [-0.39, 0.29) is 16.6 Å². The summed E-state index contributed by atoms with van der Waals surface area (Å²) in [5.41, 5.74) is 2.18. The minimum absolute atomic E-state index is 0.120. The molecule has 0 bridgehead atoms. The number of anilines is 1. The summed E-state index contributed by atoms with van der Waals surface area (Å²) in [6.45, 7) is 3.78. The van der Waals surface area contributed by atoms with E-state index in [1.807, 2.05) is 37.3 Å². The number of halogens is 1. The number of thioether (sulfide) groups is 1. The predicted molar refractivity (Wildman–Crippen MR) is 109 cm³/mol. The number of aryl methyl sites for hydroxylation is 1. The van der Waals surface area contributed by atoms with Gasteiger partial charge in [-0.05, 0) is 37.6 Å². The molecule has 0 radical (unpaired) electrons. The molecule has 0 spiro atoms. The van der Waals surface area contributed by atoms with Crippen molar-refractivity contribution < 1.29 is 9.72 Å². The summed E-state index contributed by atoms with van der Waals surface area (Å²) in [6.07, 6.45) is 0. The van der Waals surface area contributed by atoms with E-state index in [0.29, 0.717) is 5.69 Å². The fourth-order valence-electron chi connectivity index (χ4n) is 2.57. The summed E-state index contributed by atoms with van der Waals surface area (Å²) in [6, 6.07) is 13.7. The van der Waals surface area contributed by atoms with E-state index in [1.165, 1.54) is 30.0 Å². The van der Waals surface area contributed by atoms with Crippen LogP contribution < -0.4 is 5.32 Å². The van der Waals surface area contributed by atoms with Crippen LogP contribution in [0.1, 0.15) is 12.5 Å². The minimum Gasteiger partial charge on any atom is -0.324 e. The second kappa shape index (κ2) is 7.94. The lowest BCUT2D eigenvalue weighted by Crippen LogP contribution is -2.22. The number of carbonyl (C=O) groups excluding carboxylic acids is 1. The number of nitrogens with one attached hydrogen (secondary N) is 1. The maximum atomic E-state index is 12.5. The van der Waals surface area contributed by atoms with Crippen LogP contribution in [0.4, 0.5) is 11.4 Å². The number of para-hydroxylation sites is 1. The molecule has 6 nitrogen and oxygen atoms in total. The number of rotatable bonds is 5. The number of nitro groups is 1. The zero-order valence-corrected chi connectivity index (χ0v) is 16.2. The lowest BCUT2D eigenvalue weighted by molar-refractivity contribution is -0.384. The number of benzene rings is 2. The molecule has 0 fully saturated rings. The molecular weight excluding hydrogens is 386 g/mol. The van der Waals surface area contributed by atoms with Gasteiger partial charge in [0.25, 0.3) is 5.69 Å². The van der Waals surface area contributed by atoms with Gasteiger partial charge in [-0.1, -0.05) is 41.6 Å². The Bertz CT molecular complexity index is 1040. The van der Waals surface area contributed by atoms with Crippen molar-refractivity contribution in [1.82, 2.24) is 4.98 Å². The highest BCUT2D eigenvalue weighted by molar-refractivity contribution is 8.00. The smallest absolute Gasteiger partial charge is 0.271 e. The van der Waals surface area contributed by atoms with Crippen LogP contribution in [0.2, 0.25) is 5.02 Å². The molecule has 1 heterocycles. The first-order valence-corrected chi connectivity index (χ1v) is 9.39. The van der Waals surface area contributed by atoms with E-state index < -0.39 is 10.2 Å². The van der Waals surface area contributed by atoms with Crippen molar-refractivity contribution in [2.45, 2.75) is 24.1 Å². The Labute approximate surface area is 165 Å². The van der Waals surface area contributed by atoms with Gasteiger partial charge in [0.1, 0.15) is 0 Å². The van der Waals surface area contributed by atoms with Gasteiger partial charge in [-0.2, -0.15) is 0 Å². The fourth-order valence-corrected chi connectivity index (χ4v) is 3.71. The zero-order valence-electron chi connectivity index (χ0n) is 14.6. The summed E-state index contributed by atoms with van der Waals surface area (Å²) in [4.78, 5) is 27.3. The standard InChI is InChI=1S/C19H16ClN3O3S/c1-11-9-18(21-16-6-4-3-5-14(11)16)27-12(2)19(24)22-17-8-7-13(23(25)26)10-15(17)20/h3-10,12H,1-2H3,(H,22,24). The number of hydrogen-bond donors (Lipinski definition) is 1. The van der Waals surface area contributed by atoms with E-state index in [9.17, 15) is 14.9 Å². The number of nitro benzene ring substituents is 1. The van der Waals surface area contributed by atoms with Crippen LogP contribution in [0.5, 0.6) is 0 Å². The molecule has 138 valence electrons. The third-order valence-electron chi connectivity index (χ3n) is 3.99. The van der Waals surface area contributed by atoms with Gasteiger partial charge < -0.3 is 5.32 Å². The summed E-state index contributed by atoms with van der Waals surface area (Å²) < 4.78 is 0. The summed E-state index contributed by atoms with van der Waals surface area (Å²) >= 11 is 7.37. The van der Waals surface area contributed by atoms with Crippen molar-refractivity contribution in [3.05, 3.63) is 69.2 Å². The van der Waals surface area contributed by atoms with Crippen molar-refractivity contribution in [3.8, 4) is 0 Å². The maximum absolute atomic E-state index is 12.5. The highest BCUT2D eigenvalue weighted by atomic mass is 35.5. The van der Waals surface area contributed by atoms with Crippen LogP contribution in [-0.4, -0.2) is 21.1 Å². The van der Waals surface area contributed by atoms with E-state index >= 15 is 0 Å². The van der Waals surface area contributed by atoms with Gasteiger partial charge in [0, 0.05) is 17.5 Å². The van der Waals surface area contributed by atoms with Gasteiger partial charge in [0.05, 0.1) is 31.4 Å². The average molecular weight is 402 g/mol. The lowest BCUT2D eigenvalue weighted by Gasteiger charge is -2.13. The summed E-state index contributed by atoms with van der Waals surface area (Å²) in [5.74, 6) is -0.261. The first kappa shape index (κ1) is 19.1. The Balaban J connectivity index is 1.74. The first-order chi connectivity index (χ1) is 12.8. The number of non-ortho nitro benzene ring substituents is 1. The number of aromatic nitrogens is 1. The molecule has 0 aliphatic carbocycles. The van der Waals surface area contributed by atoms with Crippen LogP contribution in [0.3, 0.4) is 0 Å². The van der Waals surface area contributed by atoms with Gasteiger partial charge in [-0.15, -0.1) is 0 Å². The second-order valence-electron chi connectivity index (χ2n) is 5.97. The van der Waals surface area contributed by atoms with Gasteiger partial charge in [0.15, 0.2) is 0 Å². The molecule has 3 rings (SSSR count). The fraction of sp³-hybridized carbons (Fsp3) is 0.158.